The molecule has 4 N–H and O–H groups in total. The molecule has 0 saturated carbocycles. The lowest BCUT2D eigenvalue weighted by atomic mass is 10.2. The standard InChI is InChI=1S/C19H24N2O4/c1-14-2-6-18(7-3-14)25-13-16(22)12-21-10-11-24-17-8-4-15(5-9-17)19(20)23/h2-9,16,21-22H,10-13H2,1H3,(H2,20,23)/t16-/m0/s1. The Morgan fingerprint density at radius 3 is 2.32 bits per heavy atom. The minimum atomic E-state index is -0.601. The van der Waals surface area contributed by atoms with Gasteiger partial charge in [0.1, 0.15) is 30.8 Å². The van der Waals surface area contributed by atoms with Crippen LogP contribution in [0, 0.1) is 6.92 Å². The minimum absolute atomic E-state index is 0.228. The molecule has 1 amide bonds. The van der Waals surface area contributed by atoms with Crippen LogP contribution in [-0.2, 0) is 0 Å². The van der Waals surface area contributed by atoms with Crippen molar-refractivity contribution in [2.24, 2.45) is 5.73 Å². The highest BCUT2D eigenvalue weighted by atomic mass is 16.5. The van der Waals surface area contributed by atoms with Gasteiger partial charge in [-0.05, 0) is 43.3 Å². The molecule has 0 aliphatic rings. The molecular formula is C19H24N2O4. The first-order chi connectivity index (χ1) is 12.0. The number of rotatable bonds is 10. The molecule has 0 saturated heterocycles. The van der Waals surface area contributed by atoms with Gasteiger partial charge in [-0.25, -0.2) is 0 Å². The summed E-state index contributed by atoms with van der Waals surface area (Å²) in [5.41, 5.74) is 6.79. The Kier molecular flexibility index (Phi) is 7.25. The van der Waals surface area contributed by atoms with Crippen molar-refractivity contribution in [2.75, 3.05) is 26.3 Å². The molecule has 0 radical (unpaired) electrons. The molecular weight excluding hydrogens is 320 g/mol. The molecule has 1 atom stereocenters. The molecule has 2 rings (SSSR count). The van der Waals surface area contributed by atoms with Crippen molar-refractivity contribution in [1.82, 2.24) is 5.32 Å². The first-order valence-electron chi connectivity index (χ1n) is 8.15. The summed E-state index contributed by atoms with van der Waals surface area (Å²) < 4.78 is 11.1. The van der Waals surface area contributed by atoms with Gasteiger partial charge in [0.15, 0.2) is 0 Å². The maximum atomic E-state index is 11.0. The third kappa shape index (κ3) is 6.82. The number of carbonyl (C=O) groups excluding carboxylic acids is 1. The number of nitrogens with two attached hydrogens (primary N) is 1. The third-order valence-corrected chi connectivity index (χ3v) is 3.53. The average Bonchev–Trinajstić information content (AvgIpc) is 2.61. The van der Waals surface area contributed by atoms with Crippen LogP contribution in [0.15, 0.2) is 48.5 Å². The van der Waals surface area contributed by atoms with Gasteiger partial charge in [0.2, 0.25) is 5.91 Å². The number of amides is 1. The smallest absolute Gasteiger partial charge is 0.248 e. The van der Waals surface area contributed by atoms with E-state index in [1.54, 1.807) is 24.3 Å². The molecule has 2 aromatic carbocycles. The highest BCUT2D eigenvalue weighted by Crippen LogP contribution is 2.12. The topological polar surface area (TPSA) is 93.8 Å². The van der Waals surface area contributed by atoms with Gasteiger partial charge in [-0.15, -0.1) is 0 Å². The van der Waals surface area contributed by atoms with E-state index in [0.29, 0.717) is 31.0 Å². The van der Waals surface area contributed by atoms with Crippen LogP contribution >= 0.6 is 0 Å². The van der Waals surface area contributed by atoms with Gasteiger partial charge in [0.05, 0.1) is 0 Å². The molecule has 0 fully saturated rings. The van der Waals surface area contributed by atoms with Crippen molar-refractivity contribution in [2.45, 2.75) is 13.0 Å². The predicted molar refractivity (Wildman–Crippen MR) is 96.0 cm³/mol. The molecule has 0 aliphatic carbocycles. The van der Waals surface area contributed by atoms with Crippen molar-refractivity contribution in [3.8, 4) is 11.5 Å². The van der Waals surface area contributed by atoms with Gasteiger partial charge < -0.3 is 25.6 Å². The minimum Gasteiger partial charge on any atom is -0.492 e. The molecule has 25 heavy (non-hydrogen) atoms. The summed E-state index contributed by atoms with van der Waals surface area (Å²) in [5, 5.41) is 13.0. The van der Waals surface area contributed by atoms with Crippen LogP contribution in [-0.4, -0.2) is 43.4 Å². The number of hydrogen-bond acceptors (Lipinski definition) is 5. The summed E-state index contributed by atoms with van der Waals surface area (Å²) in [6, 6.07) is 14.3. The van der Waals surface area contributed by atoms with Gasteiger partial charge in [-0.3, -0.25) is 4.79 Å². The molecule has 0 heterocycles. The van der Waals surface area contributed by atoms with Crippen LogP contribution in [0.3, 0.4) is 0 Å². The predicted octanol–water partition coefficient (Wildman–Crippen LogP) is 1.50. The number of benzene rings is 2. The Bertz CT molecular complexity index is 656. The largest absolute Gasteiger partial charge is 0.492 e. The number of carbonyl (C=O) groups is 1. The van der Waals surface area contributed by atoms with Gasteiger partial charge in [0, 0.05) is 18.7 Å². The van der Waals surface area contributed by atoms with Gasteiger partial charge in [-0.2, -0.15) is 0 Å². The van der Waals surface area contributed by atoms with E-state index in [1.165, 1.54) is 5.56 Å². The van der Waals surface area contributed by atoms with Crippen LogP contribution in [0.5, 0.6) is 11.5 Å². The molecule has 0 aromatic heterocycles. The highest BCUT2D eigenvalue weighted by Gasteiger charge is 2.05. The number of ether oxygens (including phenoxy) is 2. The normalized spacial score (nSPS) is 11.8. The molecule has 6 heteroatoms. The summed E-state index contributed by atoms with van der Waals surface area (Å²) >= 11 is 0. The van der Waals surface area contributed by atoms with Gasteiger partial charge in [-0.1, -0.05) is 17.7 Å². The number of primary amides is 1. The molecule has 134 valence electrons. The van der Waals surface area contributed by atoms with Crippen molar-refractivity contribution >= 4 is 5.91 Å². The zero-order valence-corrected chi connectivity index (χ0v) is 14.3. The van der Waals surface area contributed by atoms with Gasteiger partial charge >= 0.3 is 0 Å². The van der Waals surface area contributed by atoms with Crippen molar-refractivity contribution in [3.63, 3.8) is 0 Å². The Morgan fingerprint density at radius 1 is 1.08 bits per heavy atom. The van der Waals surface area contributed by atoms with E-state index >= 15 is 0 Å². The lowest BCUT2D eigenvalue weighted by molar-refractivity contribution is 0.1000. The third-order valence-electron chi connectivity index (χ3n) is 3.53. The summed E-state index contributed by atoms with van der Waals surface area (Å²) in [6.45, 7) is 3.68. The van der Waals surface area contributed by atoms with Crippen LogP contribution in [0.25, 0.3) is 0 Å². The molecule has 2 aromatic rings. The second-order valence-corrected chi connectivity index (χ2v) is 5.72. The average molecular weight is 344 g/mol. The Labute approximate surface area is 147 Å². The van der Waals surface area contributed by atoms with E-state index in [-0.39, 0.29) is 6.61 Å². The monoisotopic (exact) mass is 344 g/mol. The summed E-state index contributed by atoms with van der Waals surface area (Å²) in [6.07, 6.45) is -0.601. The van der Waals surface area contributed by atoms with E-state index in [4.69, 9.17) is 15.2 Å². The van der Waals surface area contributed by atoms with Crippen LogP contribution < -0.4 is 20.5 Å². The first-order valence-corrected chi connectivity index (χ1v) is 8.15. The van der Waals surface area contributed by atoms with E-state index in [9.17, 15) is 9.90 Å². The molecule has 6 nitrogen and oxygen atoms in total. The molecule has 0 bridgehead atoms. The molecule has 0 unspecified atom stereocenters. The Hall–Kier alpha value is -2.57. The quantitative estimate of drug-likeness (QED) is 0.568. The second-order valence-electron chi connectivity index (χ2n) is 5.72. The first kappa shape index (κ1) is 18.8. The second kappa shape index (κ2) is 9.66. The van der Waals surface area contributed by atoms with Crippen molar-refractivity contribution in [1.29, 1.82) is 0 Å². The highest BCUT2D eigenvalue weighted by molar-refractivity contribution is 5.92. The molecule has 0 spiro atoms. The van der Waals surface area contributed by atoms with E-state index in [1.807, 2.05) is 31.2 Å². The zero-order valence-electron chi connectivity index (χ0n) is 14.3. The summed E-state index contributed by atoms with van der Waals surface area (Å²) in [7, 11) is 0. The molecule has 0 aliphatic heterocycles. The Balaban J connectivity index is 1.57. The fourth-order valence-electron chi connectivity index (χ4n) is 2.11. The maximum absolute atomic E-state index is 11.0. The van der Waals surface area contributed by atoms with E-state index in [0.717, 1.165) is 5.75 Å². The van der Waals surface area contributed by atoms with Gasteiger partial charge in [0.25, 0.3) is 0 Å². The maximum Gasteiger partial charge on any atom is 0.248 e. The zero-order chi connectivity index (χ0) is 18.1. The SMILES string of the molecule is Cc1ccc(OC[C@@H](O)CNCCOc2ccc(C(N)=O)cc2)cc1. The van der Waals surface area contributed by atoms with Crippen LogP contribution in [0.2, 0.25) is 0 Å². The fraction of sp³-hybridized carbons (Fsp3) is 0.316. The van der Waals surface area contributed by atoms with Crippen molar-refractivity contribution in [3.05, 3.63) is 59.7 Å². The fourth-order valence-corrected chi connectivity index (χ4v) is 2.11. The summed E-state index contributed by atoms with van der Waals surface area (Å²) in [4.78, 5) is 11.0. The van der Waals surface area contributed by atoms with Crippen LogP contribution in [0.1, 0.15) is 15.9 Å². The number of nitrogens with one attached hydrogen (secondary N) is 1. The number of aliphatic hydroxyl groups is 1. The number of aliphatic hydroxyl groups excluding tert-OH is 1. The number of hydrogen-bond donors (Lipinski definition) is 3. The van der Waals surface area contributed by atoms with Crippen molar-refractivity contribution < 1.29 is 19.4 Å². The Morgan fingerprint density at radius 2 is 1.68 bits per heavy atom. The number of aryl methyl sites for hydroxylation is 1. The lowest BCUT2D eigenvalue weighted by Gasteiger charge is -2.14. The van der Waals surface area contributed by atoms with Crippen LogP contribution in [0.4, 0.5) is 0 Å². The summed E-state index contributed by atoms with van der Waals surface area (Å²) in [5.74, 6) is 0.942. The lowest BCUT2D eigenvalue weighted by Crippen LogP contribution is -2.33. The van der Waals surface area contributed by atoms with E-state index in [2.05, 4.69) is 5.32 Å². The van der Waals surface area contributed by atoms with E-state index < -0.39 is 12.0 Å².